The van der Waals surface area contributed by atoms with Crippen molar-refractivity contribution in [2.75, 3.05) is 20.1 Å². The summed E-state index contributed by atoms with van der Waals surface area (Å²) in [6.07, 6.45) is 5.96. The quantitative estimate of drug-likeness (QED) is 0.767. The number of nitrogens with one attached hydrogen (secondary N) is 2. The van der Waals surface area contributed by atoms with Crippen LogP contribution in [0.3, 0.4) is 0 Å². The molecule has 2 aromatic rings. The molecule has 1 unspecified atom stereocenters. The first-order chi connectivity index (χ1) is 12.1. The molecule has 4 heterocycles. The maximum Gasteiger partial charge on any atom is 0.191 e. The largest absolute Gasteiger partial charge is 0.470 e. The third-order valence-corrected chi connectivity index (χ3v) is 6.04. The Morgan fingerprint density at radius 1 is 1.28 bits per heavy atom. The summed E-state index contributed by atoms with van der Waals surface area (Å²) in [5.74, 6) is 1.85. The first kappa shape index (κ1) is 15.5. The first-order valence-electron chi connectivity index (χ1n) is 8.76. The third kappa shape index (κ3) is 2.43. The van der Waals surface area contributed by atoms with E-state index in [2.05, 4.69) is 57.7 Å². The molecule has 1 aromatic heterocycles. The number of likely N-dealkylation sites (tertiary alicyclic amines) is 1. The van der Waals surface area contributed by atoms with E-state index in [1.807, 2.05) is 12.1 Å². The highest BCUT2D eigenvalue weighted by Gasteiger charge is 2.52. The van der Waals surface area contributed by atoms with Crippen LogP contribution in [-0.4, -0.2) is 30.9 Å². The molecule has 3 aliphatic rings. The Morgan fingerprint density at radius 3 is 2.88 bits per heavy atom. The molecule has 0 amide bonds. The molecule has 0 saturated carbocycles. The summed E-state index contributed by atoms with van der Waals surface area (Å²) in [4.78, 5) is 1.56. The predicted molar refractivity (Wildman–Crippen MR) is 97.8 cm³/mol. The maximum absolute atomic E-state index is 6.61. The normalized spacial score (nSPS) is 31.0. The molecular formula is C19H21BrN3O2+. The van der Waals surface area contributed by atoms with Crippen LogP contribution in [0.15, 0.2) is 51.6 Å². The van der Waals surface area contributed by atoms with Crippen LogP contribution in [0.2, 0.25) is 0 Å². The van der Waals surface area contributed by atoms with Gasteiger partial charge in [0.05, 0.1) is 51.0 Å². The van der Waals surface area contributed by atoms with E-state index in [9.17, 15) is 0 Å². The predicted octanol–water partition coefficient (Wildman–Crippen LogP) is 2.34. The molecule has 1 fully saturated rings. The van der Waals surface area contributed by atoms with Gasteiger partial charge in [-0.25, -0.2) is 0 Å². The smallest absolute Gasteiger partial charge is 0.191 e. The Hall–Kier alpha value is -1.76. The van der Waals surface area contributed by atoms with Gasteiger partial charge in [-0.3, -0.25) is 0 Å². The molecule has 1 aromatic carbocycles. The molecule has 6 heteroatoms. The molecule has 0 radical (unpaired) electrons. The van der Waals surface area contributed by atoms with E-state index >= 15 is 0 Å². The monoisotopic (exact) mass is 402 g/mol. The Kier molecular flexibility index (Phi) is 3.48. The van der Waals surface area contributed by atoms with E-state index in [1.165, 1.54) is 5.56 Å². The van der Waals surface area contributed by atoms with Gasteiger partial charge >= 0.3 is 0 Å². The Balaban J connectivity index is 1.60. The standard InChI is InChI=1S/C19H20BrN3O2/c1-22-8-6-19(7-9-22)23-16(12-15(21-23)18-3-2-10-24-18)14-11-13(20)4-5-17(14)25-19/h2-5,10-12,16,21H,6-9H2,1H3/p+1. The number of halogens is 1. The van der Waals surface area contributed by atoms with Gasteiger partial charge in [0.1, 0.15) is 5.75 Å². The van der Waals surface area contributed by atoms with Crippen molar-refractivity contribution in [3.63, 3.8) is 0 Å². The van der Waals surface area contributed by atoms with Gasteiger partial charge in [0.2, 0.25) is 0 Å². The molecule has 2 N–H and O–H groups in total. The van der Waals surface area contributed by atoms with Crippen molar-refractivity contribution >= 4 is 21.6 Å². The van der Waals surface area contributed by atoms with Crippen molar-refractivity contribution < 1.29 is 14.1 Å². The highest BCUT2D eigenvalue weighted by atomic mass is 79.9. The zero-order chi connectivity index (χ0) is 17.0. The fourth-order valence-electron chi connectivity index (χ4n) is 4.13. The summed E-state index contributed by atoms with van der Waals surface area (Å²) in [5, 5.41) is 2.30. The summed E-state index contributed by atoms with van der Waals surface area (Å²) >= 11 is 3.60. The minimum atomic E-state index is -0.310. The van der Waals surface area contributed by atoms with Gasteiger partial charge in [-0.1, -0.05) is 15.9 Å². The van der Waals surface area contributed by atoms with Gasteiger partial charge in [0, 0.05) is 10.0 Å². The van der Waals surface area contributed by atoms with Crippen LogP contribution in [0.4, 0.5) is 0 Å². The van der Waals surface area contributed by atoms with E-state index in [0.29, 0.717) is 0 Å². The van der Waals surface area contributed by atoms with Gasteiger partial charge in [-0.05, 0) is 36.4 Å². The van der Waals surface area contributed by atoms with Crippen molar-refractivity contribution in [1.29, 1.82) is 0 Å². The summed E-state index contributed by atoms with van der Waals surface area (Å²) in [7, 11) is 2.25. The highest BCUT2D eigenvalue weighted by Crippen LogP contribution is 2.48. The molecule has 1 spiro atoms. The lowest BCUT2D eigenvalue weighted by Gasteiger charge is -2.50. The van der Waals surface area contributed by atoms with Crippen molar-refractivity contribution in [2.24, 2.45) is 0 Å². The number of ether oxygens (including phenoxy) is 1. The van der Waals surface area contributed by atoms with Crippen LogP contribution in [0, 0.1) is 0 Å². The lowest BCUT2D eigenvalue weighted by atomic mass is 9.93. The number of hydrazine groups is 1. The number of quaternary nitrogens is 1. The average molecular weight is 403 g/mol. The second-order valence-corrected chi connectivity index (χ2v) is 8.09. The van der Waals surface area contributed by atoms with Gasteiger partial charge in [0.15, 0.2) is 11.5 Å². The summed E-state index contributed by atoms with van der Waals surface area (Å²) < 4.78 is 13.3. The zero-order valence-corrected chi connectivity index (χ0v) is 15.7. The number of piperidine rings is 1. The van der Waals surface area contributed by atoms with Crippen LogP contribution in [-0.2, 0) is 0 Å². The molecule has 5 rings (SSSR count). The molecular weight excluding hydrogens is 382 g/mol. The fourth-order valence-corrected chi connectivity index (χ4v) is 4.51. The second-order valence-electron chi connectivity index (χ2n) is 7.17. The lowest BCUT2D eigenvalue weighted by molar-refractivity contribution is -0.888. The topological polar surface area (TPSA) is 42.1 Å². The number of rotatable bonds is 1. The lowest BCUT2D eigenvalue weighted by Crippen LogP contribution is -3.11. The van der Waals surface area contributed by atoms with Crippen LogP contribution >= 0.6 is 15.9 Å². The van der Waals surface area contributed by atoms with Crippen molar-refractivity contribution in [2.45, 2.75) is 24.6 Å². The van der Waals surface area contributed by atoms with E-state index in [0.717, 1.165) is 47.6 Å². The Labute approximate surface area is 155 Å². The van der Waals surface area contributed by atoms with Crippen molar-refractivity contribution in [3.05, 3.63) is 58.5 Å². The summed E-state index contributed by atoms with van der Waals surface area (Å²) in [6, 6.07) is 10.4. The summed E-state index contributed by atoms with van der Waals surface area (Å²) in [6.45, 7) is 2.21. The number of nitrogens with zero attached hydrogens (tertiary/aromatic N) is 1. The van der Waals surface area contributed by atoms with Crippen LogP contribution in [0.1, 0.15) is 30.2 Å². The number of hydrogen-bond donors (Lipinski definition) is 2. The van der Waals surface area contributed by atoms with Crippen LogP contribution < -0.4 is 15.1 Å². The zero-order valence-electron chi connectivity index (χ0n) is 14.1. The maximum atomic E-state index is 6.61. The fraction of sp³-hybridized carbons (Fsp3) is 0.368. The molecule has 1 atom stereocenters. The van der Waals surface area contributed by atoms with Gasteiger partial charge in [0.25, 0.3) is 0 Å². The molecule has 3 aliphatic heterocycles. The SMILES string of the molecule is C[NH+]1CCC2(CC1)Oc1ccc(Br)cc1C1C=C(c3ccco3)NN12. The second kappa shape index (κ2) is 5.62. The van der Waals surface area contributed by atoms with Crippen LogP contribution in [0.25, 0.3) is 5.70 Å². The Morgan fingerprint density at radius 2 is 2.12 bits per heavy atom. The molecule has 1 saturated heterocycles. The Bertz CT molecular complexity index is 825. The molecule has 25 heavy (non-hydrogen) atoms. The number of furan rings is 1. The van der Waals surface area contributed by atoms with Crippen LogP contribution in [0.5, 0.6) is 5.75 Å². The van der Waals surface area contributed by atoms with E-state index in [4.69, 9.17) is 9.15 Å². The van der Waals surface area contributed by atoms with Gasteiger partial charge in [-0.15, -0.1) is 0 Å². The first-order valence-corrected chi connectivity index (χ1v) is 9.55. The molecule has 0 bridgehead atoms. The van der Waals surface area contributed by atoms with Gasteiger partial charge in [-0.2, -0.15) is 5.01 Å². The number of fused-ring (bicyclic) bond motifs is 4. The summed E-state index contributed by atoms with van der Waals surface area (Å²) in [5.41, 5.74) is 5.46. The van der Waals surface area contributed by atoms with Gasteiger partial charge < -0.3 is 19.5 Å². The molecule has 0 aliphatic carbocycles. The van der Waals surface area contributed by atoms with E-state index in [1.54, 1.807) is 11.2 Å². The average Bonchev–Trinajstić information content (AvgIpc) is 3.28. The number of benzene rings is 1. The third-order valence-electron chi connectivity index (χ3n) is 5.54. The minimum absolute atomic E-state index is 0.139. The highest BCUT2D eigenvalue weighted by molar-refractivity contribution is 9.10. The molecule has 130 valence electrons. The van der Waals surface area contributed by atoms with Crippen molar-refractivity contribution in [1.82, 2.24) is 10.4 Å². The van der Waals surface area contributed by atoms with Crippen molar-refractivity contribution in [3.8, 4) is 5.75 Å². The van der Waals surface area contributed by atoms with E-state index in [-0.39, 0.29) is 11.8 Å². The number of hydrogen-bond acceptors (Lipinski definition) is 4. The van der Waals surface area contributed by atoms with E-state index < -0.39 is 0 Å². The molecule has 5 nitrogen and oxygen atoms in total. The minimum Gasteiger partial charge on any atom is -0.470 e.